The molecule has 0 unspecified atom stereocenters. The Kier molecular flexibility index (Phi) is 13.8. The standard InChI is InChI=1S/C23H30NO8.Y/c1-16(2)22(30)32-13-5-12-31-18-8-6-17(7-9-18)23(3,4)11-10-19(25)24(14-20(26)27)15-21(28)29;/h5-9H,1,10-15H2,2-4H3,(H,26,27)(H,28,29);/q-1;+3. The molecule has 1 amide bonds. The molecule has 0 aromatic heterocycles. The maximum atomic E-state index is 12.3. The van der Waals surface area contributed by atoms with Gasteiger partial charge in [-0.1, -0.05) is 32.6 Å². The van der Waals surface area contributed by atoms with E-state index in [0.29, 0.717) is 17.7 Å². The van der Waals surface area contributed by atoms with Crippen LogP contribution in [0.25, 0.3) is 0 Å². The first-order valence-electron chi connectivity index (χ1n) is 10.0. The van der Waals surface area contributed by atoms with Crippen LogP contribution in [-0.2, 0) is 62.0 Å². The van der Waals surface area contributed by atoms with Gasteiger partial charge >= 0.3 is 50.6 Å². The third-order valence-corrected chi connectivity index (χ3v) is 4.65. The van der Waals surface area contributed by atoms with Crippen LogP contribution in [0.1, 0.15) is 39.2 Å². The monoisotopic (exact) mass is 537 g/mol. The number of amides is 1. The summed E-state index contributed by atoms with van der Waals surface area (Å²) in [6.07, 6.45) is 2.09. The summed E-state index contributed by atoms with van der Waals surface area (Å²) in [6, 6.07) is 7.31. The van der Waals surface area contributed by atoms with E-state index >= 15 is 0 Å². The zero-order valence-electron chi connectivity index (χ0n) is 19.2. The number of hydrogen-bond donors (Lipinski definition) is 2. The molecule has 0 aliphatic heterocycles. The van der Waals surface area contributed by atoms with Crippen LogP contribution in [0.4, 0.5) is 0 Å². The maximum Gasteiger partial charge on any atom is 3.00 e. The van der Waals surface area contributed by atoms with E-state index in [-0.39, 0.29) is 52.3 Å². The smallest absolute Gasteiger partial charge is 0.525 e. The number of carbonyl (C=O) groups excluding carboxylic acids is 2. The maximum absolute atomic E-state index is 12.3. The second kappa shape index (κ2) is 14.8. The first-order chi connectivity index (χ1) is 14.9. The van der Waals surface area contributed by atoms with Gasteiger partial charge in [-0.3, -0.25) is 20.8 Å². The van der Waals surface area contributed by atoms with Crippen LogP contribution in [0.3, 0.4) is 0 Å². The molecule has 1 aromatic rings. The third-order valence-electron chi connectivity index (χ3n) is 4.65. The van der Waals surface area contributed by atoms with Crippen molar-refractivity contribution in [2.75, 3.05) is 26.3 Å². The number of esters is 1. The molecular weight excluding hydrogens is 507 g/mol. The molecule has 0 fully saturated rings. The minimum absolute atomic E-state index is 0. The molecule has 2 N–H and O–H groups in total. The molecule has 0 saturated heterocycles. The van der Waals surface area contributed by atoms with Crippen molar-refractivity contribution in [1.82, 2.24) is 4.90 Å². The summed E-state index contributed by atoms with van der Waals surface area (Å²) in [7, 11) is 0. The minimum Gasteiger partial charge on any atom is -0.525 e. The van der Waals surface area contributed by atoms with Gasteiger partial charge in [-0.25, -0.2) is 4.79 Å². The number of hydrogen-bond acceptors (Lipinski definition) is 6. The Balaban J connectivity index is 0.0000102. The van der Waals surface area contributed by atoms with Crippen molar-refractivity contribution < 1.29 is 71.6 Å². The van der Waals surface area contributed by atoms with Crippen molar-refractivity contribution in [3.8, 4) is 5.75 Å². The van der Waals surface area contributed by atoms with Crippen LogP contribution in [0, 0.1) is 6.42 Å². The van der Waals surface area contributed by atoms with E-state index in [0.717, 1.165) is 10.5 Å². The normalized spacial score (nSPS) is 10.5. The van der Waals surface area contributed by atoms with Gasteiger partial charge in [0.1, 0.15) is 18.8 Å². The third kappa shape index (κ3) is 12.0. The van der Waals surface area contributed by atoms with Gasteiger partial charge in [0.05, 0.1) is 0 Å². The minimum atomic E-state index is -1.26. The van der Waals surface area contributed by atoms with Gasteiger partial charge in [-0.2, -0.15) is 0 Å². The molecule has 9 nitrogen and oxygen atoms in total. The summed E-state index contributed by atoms with van der Waals surface area (Å²) < 4.78 is 10.5. The van der Waals surface area contributed by atoms with E-state index in [1.807, 2.05) is 26.0 Å². The molecule has 0 aliphatic rings. The Labute approximate surface area is 219 Å². The molecule has 0 atom stereocenters. The van der Waals surface area contributed by atoms with Crippen molar-refractivity contribution >= 4 is 23.8 Å². The van der Waals surface area contributed by atoms with Gasteiger partial charge in [0.2, 0.25) is 5.91 Å². The Hall–Kier alpha value is -2.26. The van der Waals surface area contributed by atoms with E-state index in [2.05, 4.69) is 6.58 Å². The molecule has 33 heavy (non-hydrogen) atoms. The molecule has 0 radical (unpaired) electrons. The Morgan fingerprint density at radius 3 is 2.06 bits per heavy atom. The SMILES string of the molecule is C=C(C)C(=O)OC[CH-]COc1ccc(C(C)(C)CCC(=O)N(CC(=O)O)CC(=O)O)cc1.[Y+3]. The second-order valence-corrected chi connectivity index (χ2v) is 7.92. The van der Waals surface area contributed by atoms with Gasteiger partial charge in [-0.05, 0) is 49.7 Å². The number of nitrogens with zero attached hydrogens (tertiary/aromatic N) is 1. The molecule has 10 heteroatoms. The van der Waals surface area contributed by atoms with Gasteiger partial charge < -0.3 is 24.6 Å². The van der Waals surface area contributed by atoms with Crippen molar-refractivity contribution in [1.29, 1.82) is 0 Å². The Bertz CT molecular complexity index is 819. The predicted octanol–water partition coefficient (Wildman–Crippen LogP) is 2.44. The van der Waals surface area contributed by atoms with Crippen molar-refractivity contribution in [2.45, 2.75) is 39.0 Å². The largest absolute Gasteiger partial charge is 3.00 e. The first kappa shape index (κ1) is 30.7. The second-order valence-electron chi connectivity index (χ2n) is 7.92. The molecule has 1 rings (SSSR count). The molecule has 0 heterocycles. The number of ether oxygens (including phenoxy) is 2. The molecule has 0 bridgehead atoms. The van der Waals surface area contributed by atoms with Crippen LogP contribution in [0.15, 0.2) is 36.4 Å². The number of rotatable bonds is 14. The van der Waals surface area contributed by atoms with Gasteiger partial charge in [0.25, 0.3) is 0 Å². The van der Waals surface area contributed by atoms with Crippen LogP contribution in [-0.4, -0.2) is 65.2 Å². The molecule has 1 aromatic carbocycles. The summed E-state index contributed by atoms with van der Waals surface area (Å²) in [5.41, 5.74) is 0.866. The number of aliphatic carboxylic acids is 2. The van der Waals surface area contributed by atoms with Crippen LogP contribution in [0.2, 0.25) is 0 Å². The average Bonchev–Trinajstić information content (AvgIpc) is 2.70. The van der Waals surface area contributed by atoms with E-state index < -0.39 is 42.3 Å². The molecular formula is C23H30NO8Y+2. The van der Waals surface area contributed by atoms with E-state index in [9.17, 15) is 19.2 Å². The summed E-state index contributed by atoms with van der Waals surface area (Å²) >= 11 is 0. The molecule has 0 saturated carbocycles. The van der Waals surface area contributed by atoms with E-state index in [4.69, 9.17) is 19.7 Å². The van der Waals surface area contributed by atoms with Crippen molar-refractivity contribution in [3.63, 3.8) is 0 Å². The van der Waals surface area contributed by atoms with Crippen LogP contribution in [0.5, 0.6) is 5.75 Å². The number of carbonyl (C=O) groups is 4. The van der Waals surface area contributed by atoms with Gasteiger partial charge in [0.15, 0.2) is 0 Å². The number of carboxylic acids is 2. The molecule has 176 valence electrons. The average molecular weight is 537 g/mol. The zero-order valence-corrected chi connectivity index (χ0v) is 22.0. The fourth-order valence-electron chi connectivity index (χ4n) is 2.74. The van der Waals surface area contributed by atoms with Crippen molar-refractivity contribution in [2.24, 2.45) is 0 Å². The topological polar surface area (TPSA) is 130 Å². The number of benzene rings is 1. The quantitative estimate of drug-likeness (QED) is 0.160. The first-order valence-corrected chi connectivity index (χ1v) is 10.0. The summed E-state index contributed by atoms with van der Waals surface area (Å²) in [5, 5.41) is 17.8. The zero-order chi connectivity index (χ0) is 24.3. The van der Waals surface area contributed by atoms with Crippen LogP contribution < -0.4 is 4.74 Å². The fourth-order valence-corrected chi connectivity index (χ4v) is 2.74. The van der Waals surface area contributed by atoms with Crippen LogP contribution >= 0.6 is 0 Å². The van der Waals surface area contributed by atoms with E-state index in [1.54, 1.807) is 25.5 Å². The van der Waals surface area contributed by atoms with E-state index in [1.165, 1.54) is 0 Å². The molecule has 0 aliphatic carbocycles. The summed E-state index contributed by atoms with van der Waals surface area (Å²) in [4.78, 5) is 46.2. The van der Waals surface area contributed by atoms with Gasteiger partial charge in [-0.15, -0.1) is 0 Å². The summed E-state index contributed by atoms with van der Waals surface area (Å²) in [5.74, 6) is -2.88. The predicted molar refractivity (Wildman–Crippen MR) is 116 cm³/mol. The Morgan fingerprint density at radius 2 is 1.58 bits per heavy atom. The fraction of sp³-hybridized carbons (Fsp3) is 0.435. The number of carboxylic acid groups (broad SMARTS) is 2. The molecule has 0 spiro atoms. The van der Waals surface area contributed by atoms with Gasteiger partial charge in [0, 0.05) is 12.0 Å². The Morgan fingerprint density at radius 1 is 1.03 bits per heavy atom. The van der Waals surface area contributed by atoms with Crippen molar-refractivity contribution in [3.05, 3.63) is 48.4 Å². The summed E-state index contributed by atoms with van der Waals surface area (Å²) in [6.45, 7) is 8.02.